The van der Waals surface area contributed by atoms with Gasteiger partial charge in [-0.15, -0.1) is 0 Å². The molecule has 4 aromatic carbocycles. The van der Waals surface area contributed by atoms with Gasteiger partial charge in [0.15, 0.2) is 0 Å². The van der Waals surface area contributed by atoms with Gasteiger partial charge in [-0.2, -0.15) is 0 Å². The highest BCUT2D eigenvalue weighted by Crippen LogP contribution is 2.41. The van der Waals surface area contributed by atoms with Gasteiger partial charge in [-0.05, 0) is 84.8 Å². The Morgan fingerprint density at radius 1 is 0.744 bits per heavy atom. The molecule has 4 aromatic rings. The number of piperidine rings is 1. The average Bonchev–Trinajstić information content (AvgIpc) is 2.98. The maximum atomic E-state index is 13.7. The van der Waals surface area contributed by atoms with Crippen molar-refractivity contribution >= 4 is 23.2 Å². The van der Waals surface area contributed by atoms with E-state index in [1.54, 1.807) is 19.1 Å². The smallest absolute Gasteiger partial charge is 0.229 e. The molecule has 1 aliphatic heterocycles. The van der Waals surface area contributed by atoms with Crippen LogP contribution in [0.25, 0.3) is 0 Å². The van der Waals surface area contributed by atoms with Crippen LogP contribution in [0.1, 0.15) is 24.4 Å². The van der Waals surface area contributed by atoms with Gasteiger partial charge < -0.3 is 24.4 Å². The van der Waals surface area contributed by atoms with Crippen LogP contribution < -0.4 is 24.4 Å². The number of nitrogens with one attached hydrogen (secondary N) is 1. The molecule has 1 N–H and O–H groups in total. The summed E-state index contributed by atoms with van der Waals surface area (Å²) in [5.74, 6) is 2.14. The molecule has 7 nitrogen and oxygen atoms in total. The normalized spacial score (nSPS) is 16.9. The van der Waals surface area contributed by atoms with Gasteiger partial charge in [0, 0.05) is 17.8 Å². The Morgan fingerprint density at radius 2 is 1.31 bits per heavy atom. The van der Waals surface area contributed by atoms with Crippen LogP contribution in [0.15, 0.2) is 103 Å². The van der Waals surface area contributed by atoms with Crippen LogP contribution in [0.3, 0.4) is 0 Å². The molecule has 39 heavy (non-hydrogen) atoms. The van der Waals surface area contributed by atoms with E-state index in [1.807, 2.05) is 103 Å². The summed E-state index contributed by atoms with van der Waals surface area (Å²) in [6.45, 7) is 0. The third-order valence-corrected chi connectivity index (χ3v) is 6.84. The van der Waals surface area contributed by atoms with Crippen LogP contribution in [-0.2, 0) is 9.59 Å². The van der Waals surface area contributed by atoms with Gasteiger partial charge in [0.25, 0.3) is 0 Å². The summed E-state index contributed by atoms with van der Waals surface area (Å²) in [5.41, 5.74) is 2.22. The van der Waals surface area contributed by atoms with Gasteiger partial charge in [0.1, 0.15) is 23.0 Å². The van der Waals surface area contributed by atoms with E-state index in [2.05, 4.69) is 5.32 Å². The number of carbonyl (C=O) groups is 2. The van der Waals surface area contributed by atoms with Gasteiger partial charge in [-0.3, -0.25) is 9.59 Å². The molecule has 0 saturated carbocycles. The third kappa shape index (κ3) is 5.88. The highest BCUT2D eigenvalue weighted by molar-refractivity contribution is 6.00. The van der Waals surface area contributed by atoms with Crippen molar-refractivity contribution in [3.8, 4) is 23.0 Å². The second kappa shape index (κ2) is 11.7. The highest BCUT2D eigenvalue weighted by Gasteiger charge is 2.41. The standard InChI is InChI=1S/C32H30N2O5/c1-37-25-14-8-22(9-15-25)31-29(20-21-30(35)34(31)24-12-18-26(38-2)19-13-24)32(36)33-23-10-16-28(17-11-23)39-27-6-4-3-5-7-27/h3-19,29,31H,20-21H2,1-2H3,(H,33,36)/t29-,31-/m0/s1. The number of anilines is 2. The minimum atomic E-state index is -0.494. The predicted molar refractivity (Wildman–Crippen MR) is 151 cm³/mol. The first kappa shape index (κ1) is 25.9. The van der Waals surface area contributed by atoms with Crippen molar-refractivity contribution < 1.29 is 23.8 Å². The molecule has 0 aliphatic carbocycles. The van der Waals surface area contributed by atoms with E-state index in [0.29, 0.717) is 35.0 Å². The number of hydrogen-bond donors (Lipinski definition) is 1. The van der Waals surface area contributed by atoms with Gasteiger partial charge in [-0.1, -0.05) is 30.3 Å². The number of ether oxygens (including phenoxy) is 3. The monoisotopic (exact) mass is 522 g/mol. The van der Waals surface area contributed by atoms with E-state index in [1.165, 1.54) is 0 Å². The number of rotatable bonds is 8. The van der Waals surface area contributed by atoms with Crippen molar-refractivity contribution in [2.45, 2.75) is 18.9 Å². The fourth-order valence-electron chi connectivity index (χ4n) is 4.86. The van der Waals surface area contributed by atoms with Crippen molar-refractivity contribution in [1.29, 1.82) is 0 Å². The lowest BCUT2D eigenvalue weighted by Crippen LogP contribution is -2.46. The summed E-state index contributed by atoms with van der Waals surface area (Å²) in [6, 6.07) is 31.1. The van der Waals surface area contributed by atoms with Crippen LogP contribution >= 0.6 is 0 Å². The molecule has 0 bridgehead atoms. The summed E-state index contributed by atoms with van der Waals surface area (Å²) in [4.78, 5) is 28.7. The zero-order valence-electron chi connectivity index (χ0n) is 21.9. The Balaban J connectivity index is 1.41. The maximum Gasteiger partial charge on any atom is 0.229 e. The fourth-order valence-corrected chi connectivity index (χ4v) is 4.86. The minimum absolute atomic E-state index is 0.0348. The van der Waals surface area contributed by atoms with Gasteiger partial charge in [-0.25, -0.2) is 0 Å². The maximum absolute atomic E-state index is 13.7. The molecule has 0 spiro atoms. The zero-order valence-corrected chi connectivity index (χ0v) is 21.9. The zero-order chi connectivity index (χ0) is 27.2. The molecular weight excluding hydrogens is 492 g/mol. The van der Waals surface area contributed by atoms with E-state index in [0.717, 1.165) is 11.3 Å². The molecule has 5 rings (SSSR count). The van der Waals surface area contributed by atoms with Gasteiger partial charge in [0.05, 0.1) is 26.2 Å². The number of methoxy groups -OCH3 is 2. The summed E-state index contributed by atoms with van der Waals surface area (Å²) in [7, 11) is 3.21. The summed E-state index contributed by atoms with van der Waals surface area (Å²) in [6.07, 6.45) is 0.698. The molecule has 0 unspecified atom stereocenters. The third-order valence-electron chi connectivity index (χ3n) is 6.84. The number of hydrogen-bond acceptors (Lipinski definition) is 5. The number of carbonyl (C=O) groups excluding carboxylic acids is 2. The average molecular weight is 523 g/mol. The van der Waals surface area contributed by atoms with Crippen LogP contribution in [0.5, 0.6) is 23.0 Å². The number of benzene rings is 4. The van der Waals surface area contributed by atoms with Crippen LogP contribution in [-0.4, -0.2) is 26.0 Å². The van der Waals surface area contributed by atoms with Crippen molar-refractivity contribution in [3.05, 3.63) is 109 Å². The number of para-hydroxylation sites is 1. The van der Waals surface area contributed by atoms with Gasteiger partial charge in [0.2, 0.25) is 11.8 Å². The van der Waals surface area contributed by atoms with Crippen molar-refractivity contribution in [2.75, 3.05) is 24.4 Å². The first-order chi connectivity index (χ1) is 19.1. The lowest BCUT2D eigenvalue weighted by atomic mass is 9.83. The second-order valence-electron chi connectivity index (χ2n) is 9.25. The lowest BCUT2D eigenvalue weighted by Gasteiger charge is -2.41. The minimum Gasteiger partial charge on any atom is -0.497 e. The molecule has 1 fully saturated rings. The highest BCUT2D eigenvalue weighted by atomic mass is 16.5. The second-order valence-corrected chi connectivity index (χ2v) is 9.25. The van der Waals surface area contributed by atoms with Crippen LogP contribution in [0, 0.1) is 5.92 Å². The molecule has 0 radical (unpaired) electrons. The van der Waals surface area contributed by atoms with Crippen LogP contribution in [0.2, 0.25) is 0 Å². The molecule has 1 aliphatic rings. The van der Waals surface area contributed by atoms with Crippen molar-refractivity contribution in [2.24, 2.45) is 5.92 Å². The largest absolute Gasteiger partial charge is 0.497 e. The first-order valence-corrected chi connectivity index (χ1v) is 12.8. The van der Waals surface area contributed by atoms with E-state index < -0.39 is 12.0 Å². The number of nitrogens with zero attached hydrogens (tertiary/aromatic N) is 1. The molecule has 1 saturated heterocycles. The Bertz CT molecular complexity index is 1400. The fraction of sp³-hybridized carbons (Fsp3) is 0.188. The Hall–Kier alpha value is -4.78. The van der Waals surface area contributed by atoms with Crippen LogP contribution in [0.4, 0.5) is 11.4 Å². The quantitative estimate of drug-likeness (QED) is 0.281. The van der Waals surface area contributed by atoms with E-state index >= 15 is 0 Å². The number of amides is 2. The predicted octanol–water partition coefficient (Wildman–Crippen LogP) is 6.62. The van der Waals surface area contributed by atoms with Gasteiger partial charge >= 0.3 is 0 Å². The Kier molecular flexibility index (Phi) is 7.78. The Labute approximate surface area is 227 Å². The Morgan fingerprint density at radius 3 is 1.92 bits per heavy atom. The molecule has 2 amide bonds. The van der Waals surface area contributed by atoms with Crippen molar-refractivity contribution in [1.82, 2.24) is 0 Å². The topological polar surface area (TPSA) is 77.1 Å². The summed E-state index contributed by atoms with van der Waals surface area (Å²) >= 11 is 0. The van der Waals surface area contributed by atoms with E-state index in [9.17, 15) is 9.59 Å². The molecule has 1 heterocycles. The van der Waals surface area contributed by atoms with E-state index in [-0.39, 0.29) is 18.2 Å². The first-order valence-electron chi connectivity index (χ1n) is 12.8. The molecular formula is C32H30N2O5. The summed E-state index contributed by atoms with van der Waals surface area (Å²) in [5, 5.41) is 3.05. The lowest BCUT2D eigenvalue weighted by molar-refractivity contribution is -0.125. The molecule has 0 aromatic heterocycles. The molecule has 198 valence electrons. The van der Waals surface area contributed by atoms with E-state index in [4.69, 9.17) is 14.2 Å². The van der Waals surface area contributed by atoms with Crippen molar-refractivity contribution in [3.63, 3.8) is 0 Å². The molecule has 7 heteroatoms. The summed E-state index contributed by atoms with van der Waals surface area (Å²) < 4.78 is 16.5. The SMILES string of the molecule is COc1ccc([C@H]2[C@@H](C(=O)Nc3ccc(Oc4ccccc4)cc3)CCC(=O)N2c2ccc(OC)cc2)cc1. The molecule has 2 atom stereocenters.